The molecule has 110 valence electrons. The third-order valence-corrected chi connectivity index (χ3v) is 3.76. The first-order valence-electron chi connectivity index (χ1n) is 7.06. The summed E-state index contributed by atoms with van der Waals surface area (Å²) in [5, 5.41) is 17.5. The van der Waals surface area contributed by atoms with E-state index >= 15 is 0 Å². The monoisotopic (exact) mass is 279 g/mol. The van der Waals surface area contributed by atoms with Gasteiger partial charge in [0.25, 0.3) is 0 Å². The van der Waals surface area contributed by atoms with Crippen LogP contribution in [0.5, 0.6) is 0 Å². The number of nitro groups is 1. The molecular weight excluding hydrogens is 258 g/mol. The van der Waals surface area contributed by atoms with E-state index in [1.807, 2.05) is 6.92 Å². The number of rotatable bonds is 5. The maximum absolute atomic E-state index is 11.2. The molecule has 20 heavy (non-hydrogen) atoms. The minimum absolute atomic E-state index is 0.0225. The van der Waals surface area contributed by atoms with Crippen molar-refractivity contribution >= 4 is 17.5 Å². The lowest BCUT2D eigenvalue weighted by atomic mass is 10.1. The van der Waals surface area contributed by atoms with Gasteiger partial charge in [0.05, 0.1) is 4.92 Å². The fourth-order valence-corrected chi connectivity index (χ4v) is 2.66. The van der Waals surface area contributed by atoms with E-state index in [0.717, 1.165) is 19.3 Å². The van der Waals surface area contributed by atoms with E-state index in [1.165, 1.54) is 0 Å². The maximum atomic E-state index is 11.2. The van der Waals surface area contributed by atoms with Crippen molar-refractivity contribution in [3.8, 4) is 0 Å². The van der Waals surface area contributed by atoms with Gasteiger partial charge < -0.3 is 10.6 Å². The van der Waals surface area contributed by atoms with Crippen LogP contribution in [0.2, 0.25) is 0 Å². The Morgan fingerprint density at radius 1 is 1.40 bits per heavy atom. The van der Waals surface area contributed by atoms with E-state index in [9.17, 15) is 10.1 Å². The third-order valence-electron chi connectivity index (χ3n) is 3.76. The lowest BCUT2D eigenvalue weighted by Gasteiger charge is -2.18. The van der Waals surface area contributed by atoms with Gasteiger partial charge in [0.2, 0.25) is 11.8 Å². The predicted octanol–water partition coefficient (Wildman–Crippen LogP) is 2.73. The lowest BCUT2D eigenvalue weighted by molar-refractivity contribution is -0.385. The molecule has 2 N–H and O–H groups in total. The second-order valence-electron chi connectivity index (χ2n) is 5.28. The Balaban J connectivity index is 2.34. The number of nitrogens with one attached hydrogen (secondary N) is 2. The largest absolute Gasteiger partial charge is 0.361 e. The van der Waals surface area contributed by atoms with E-state index < -0.39 is 4.92 Å². The minimum atomic E-state index is -0.410. The van der Waals surface area contributed by atoms with Crippen molar-refractivity contribution in [2.75, 3.05) is 17.2 Å². The summed E-state index contributed by atoms with van der Waals surface area (Å²) in [4.78, 5) is 19.2. The fraction of sp³-hybridized carbons (Fsp3) is 0.692. The van der Waals surface area contributed by atoms with Crippen molar-refractivity contribution in [2.24, 2.45) is 5.92 Å². The quantitative estimate of drug-likeness (QED) is 0.636. The molecule has 0 aliphatic heterocycles. The summed E-state index contributed by atoms with van der Waals surface area (Å²) in [5.41, 5.74) is 0.361. The molecule has 2 unspecified atom stereocenters. The molecule has 0 bridgehead atoms. The van der Waals surface area contributed by atoms with Gasteiger partial charge in [-0.1, -0.05) is 13.3 Å². The van der Waals surface area contributed by atoms with Gasteiger partial charge >= 0.3 is 5.69 Å². The standard InChI is InChI=1S/C13H21N5O2/c1-4-14-13-15-9(3)11(18(19)20)12(17-13)16-10-7-5-6-8(10)2/h8,10H,4-7H2,1-3H3,(H2,14,15,16,17). The van der Waals surface area contributed by atoms with Crippen molar-refractivity contribution in [3.05, 3.63) is 15.8 Å². The number of aryl methyl sites for hydroxylation is 1. The van der Waals surface area contributed by atoms with E-state index in [0.29, 0.717) is 29.9 Å². The van der Waals surface area contributed by atoms with Crippen LogP contribution in [-0.4, -0.2) is 27.5 Å². The van der Waals surface area contributed by atoms with Crippen LogP contribution >= 0.6 is 0 Å². The summed E-state index contributed by atoms with van der Waals surface area (Å²) in [6.45, 7) is 6.42. The second-order valence-corrected chi connectivity index (χ2v) is 5.28. The average molecular weight is 279 g/mol. The summed E-state index contributed by atoms with van der Waals surface area (Å²) in [7, 11) is 0. The average Bonchev–Trinajstić information content (AvgIpc) is 2.74. The Bertz CT molecular complexity index is 506. The highest BCUT2D eigenvalue weighted by Crippen LogP contribution is 2.32. The zero-order valence-corrected chi connectivity index (χ0v) is 12.1. The molecule has 2 rings (SSSR count). The summed E-state index contributed by atoms with van der Waals surface area (Å²) in [6.07, 6.45) is 3.32. The molecule has 1 aliphatic carbocycles. The van der Waals surface area contributed by atoms with Gasteiger partial charge in [-0.15, -0.1) is 0 Å². The summed E-state index contributed by atoms with van der Waals surface area (Å²) >= 11 is 0. The third kappa shape index (κ3) is 2.97. The highest BCUT2D eigenvalue weighted by Gasteiger charge is 2.28. The molecule has 1 heterocycles. The van der Waals surface area contributed by atoms with Gasteiger partial charge in [-0.25, -0.2) is 4.98 Å². The van der Waals surface area contributed by atoms with Crippen molar-refractivity contribution in [1.82, 2.24) is 9.97 Å². The van der Waals surface area contributed by atoms with Gasteiger partial charge in [0.1, 0.15) is 5.69 Å². The second kappa shape index (κ2) is 6.02. The van der Waals surface area contributed by atoms with Crippen LogP contribution in [0.1, 0.15) is 38.8 Å². The number of nitrogens with zero attached hydrogens (tertiary/aromatic N) is 3. The molecule has 7 heteroatoms. The fourth-order valence-electron chi connectivity index (χ4n) is 2.66. The van der Waals surface area contributed by atoms with Crippen molar-refractivity contribution in [3.63, 3.8) is 0 Å². The highest BCUT2D eigenvalue weighted by molar-refractivity contribution is 5.61. The Morgan fingerprint density at radius 3 is 2.70 bits per heavy atom. The molecule has 1 aliphatic rings. The summed E-state index contributed by atoms with van der Waals surface area (Å²) in [5.74, 6) is 1.27. The first kappa shape index (κ1) is 14.5. The van der Waals surface area contributed by atoms with E-state index in [1.54, 1.807) is 6.92 Å². The molecule has 0 spiro atoms. The molecular formula is C13H21N5O2. The number of anilines is 2. The van der Waals surface area contributed by atoms with Crippen LogP contribution in [0.25, 0.3) is 0 Å². The molecule has 1 fully saturated rings. The van der Waals surface area contributed by atoms with E-state index in [2.05, 4.69) is 27.5 Å². The topological polar surface area (TPSA) is 93.0 Å². The smallest absolute Gasteiger partial charge is 0.332 e. The summed E-state index contributed by atoms with van der Waals surface area (Å²) in [6, 6.07) is 0.248. The van der Waals surface area contributed by atoms with Gasteiger partial charge in [0.15, 0.2) is 0 Å². The first-order valence-corrected chi connectivity index (χ1v) is 7.06. The van der Waals surface area contributed by atoms with Crippen LogP contribution in [0.15, 0.2) is 0 Å². The van der Waals surface area contributed by atoms with E-state index in [4.69, 9.17) is 0 Å². The lowest BCUT2D eigenvalue weighted by Crippen LogP contribution is -2.24. The minimum Gasteiger partial charge on any atom is -0.361 e. The predicted molar refractivity (Wildman–Crippen MR) is 78.0 cm³/mol. The van der Waals surface area contributed by atoms with Crippen LogP contribution in [0.3, 0.4) is 0 Å². The molecule has 0 aromatic carbocycles. The Kier molecular flexibility index (Phi) is 4.36. The van der Waals surface area contributed by atoms with Crippen LogP contribution < -0.4 is 10.6 Å². The van der Waals surface area contributed by atoms with Gasteiger partial charge in [0, 0.05) is 12.6 Å². The molecule has 1 aromatic rings. The Morgan fingerprint density at radius 2 is 2.15 bits per heavy atom. The number of hydrogen-bond donors (Lipinski definition) is 2. The number of hydrogen-bond acceptors (Lipinski definition) is 6. The van der Waals surface area contributed by atoms with Gasteiger partial charge in [-0.3, -0.25) is 10.1 Å². The SMILES string of the molecule is CCNc1nc(C)c([N+](=O)[O-])c(NC2CCCC2C)n1. The molecule has 0 saturated heterocycles. The van der Waals surface area contributed by atoms with Gasteiger partial charge in [-0.2, -0.15) is 4.98 Å². The molecule has 7 nitrogen and oxygen atoms in total. The molecule has 0 radical (unpaired) electrons. The summed E-state index contributed by atoms with van der Waals surface area (Å²) < 4.78 is 0. The van der Waals surface area contributed by atoms with Crippen molar-refractivity contribution < 1.29 is 4.92 Å². The Labute approximate surface area is 118 Å². The highest BCUT2D eigenvalue weighted by atomic mass is 16.6. The zero-order chi connectivity index (χ0) is 14.7. The normalized spacial score (nSPS) is 21.8. The molecule has 1 saturated carbocycles. The molecule has 1 aromatic heterocycles. The van der Waals surface area contributed by atoms with Gasteiger partial charge in [-0.05, 0) is 32.6 Å². The number of aromatic nitrogens is 2. The first-order chi connectivity index (χ1) is 9.52. The zero-order valence-electron chi connectivity index (χ0n) is 12.1. The molecule has 0 amide bonds. The van der Waals surface area contributed by atoms with E-state index in [-0.39, 0.29) is 11.7 Å². The van der Waals surface area contributed by atoms with Crippen LogP contribution in [0.4, 0.5) is 17.5 Å². The van der Waals surface area contributed by atoms with Crippen molar-refractivity contribution in [1.29, 1.82) is 0 Å². The van der Waals surface area contributed by atoms with Crippen molar-refractivity contribution in [2.45, 2.75) is 46.1 Å². The van der Waals surface area contributed by atoms with Crippen LogP contribution in [-0.2, 0) is 0 Å². The van der Waals surface area contributed by atoms with Crippen LogP contribution in [0, 0.1) is 23.0 Å². The molecule has 2 atom stereocenters. The Hall–Kier alpha value is -1.92. The maximum Gasteiger partial charge on any atom is 0.332 e.